The number of hydrogen-bond donors (Lipinski definition) is 0. The van der Waals surface area contributed by atoms with E-state index in [4.69, 9.17) is 4.52 Å². The third-order valence-electron chi connectivity index (χ3n) is 5.39. The molecule has 0 N–H and O–H groups in total. The van der Waals surface area contributed by atoms with Crippen LogP contribution in [0.25, 0.3) is 17.5 Å². The Hall–Kier alpha value is -3.21. The highest BCUT2D eigenvalue weighted by atomic mass is 16.5. The molecule has 1 saturated heterocycles. The third kappa shape index (κ3) is 3.48. The summed E-state index contributed by atoms with van der Waals surface area (Å²) >= 11 is 0. The predicted octanol–water partition coefficient (Wildman–Crippen LogP) is 4.86. The van der Waals surface area contributed by atoms with Crippen molar-refractivity contribution in [2.45, 2.75) is 39.3 Å². The fraction of sp³-hybridized carbons (Fsp3) is 0.261. The van der Waals surface area contributed by atoms with Gasteiger partial charge in [-0.15, -0.1) is 0 Å². The first-order valence-corrected chi connectivity index (χ1v) is 9.47. The van der Waals surface area contributed by atoms with E-state index in [9.17, 15) is 4.79 Å². The lowest BCUT2D eigenvalue weighted by Crippen LogP contribution is -2.27. The van der Waals surface area contributed by atoms with Crippen LogP contribution in [0.3, 0.4) is 0 Å². The van der Waals surface area contributed by atoms with Gasteiger partial charge in [0.2, 0.25) is 17.6 Å². The standard InChI is InChI=1S/C23H23N3O2/c1-4-17-6-8-18(9-7-17)14-26-20(11-12-21(26)27)23-24-22(25-28-23)19-10-5-15(2)16(3)13-19/h4-10,13,20H,1,11-12,14H2,2-3H3. The fourth-order valence-corrected chi connectivity index (χ4v) is 3.51. The predicted molar refractivity (Wildman–Crippen MR) is 108 cm³/mol. The van der Waals surface area contributed by atoms with E-state index in [2.05, 4.69) is 42.7 Å². The largest absolute Gasteiger partial charge is 0.337 e. The summed E-state index contributed by atoms with van der Waals surface area (Å²) in [6.45, 7) is 8.44. The molecule has 142 valence electrons. The molecule has 1 fully saturated rings. The molecule has 1 aromatic heterocycles. The summed E-state index contributed by atoms with van der Waals surface area (Å²) in [6, 6.07) is 14.0. The summed E-state index contributed by atoms with van der Waals surface area (Å²) in [4.78, 5) is 18.9. The minimum atomic E-state index is -0.181. The Balaban J connectivity index is 1.57. The van der Waals surface area contributed by atoms with Gasteiger partial charge in [0, 0.05) is 18.5 Å². The van der Waals surface area contributed by atoms with Gasteiger partial charge in [-0.05, 0) is 48.6 Å². The number of carbonyl (C=O) groups is 1. The summed E-state index contributed by atoms with van der Waals surface area (Å²) in [6.07, 6.45) is 3.00. The molecule has 28 heavy (non-hydrogen) atoms. The minimum absolute atomic E-state index is 0.115. The maximum Gasteiger partial charge on any atom is 0.249 e. The van der Waals surface area contributed by atoms with E-state index < -0.39 is 0 Å². The monoisotopic (exact) mass is 373 g/mol. The molecule has 0 aliphatic carbocycles. The molecule has 1 aliphatic rings. The maximum atomic E-state index is 12.5. The van der Waals surface area contributed by atoms with Crippen LogP contribution >= 0.6 is 0 Å². The average Bonchev–Trinajstić information content (AvgIpc) is 3.32. The lowest BCUT2D eigenvalue weighted by molar-refractivity contribution is -0.129. The van der Waals surface area contributed by atoms with Crippen LogP contribution < -0.4 is 0 Å². The van der Waals surface area contributed by atoms with Crippen LogP contribution in [0.2, 0.25) is 0 Å². The van der Waals surface area contributed by atoms with E-state index in [-0.39, 0.29) is 11.9 Å². The van der Waals surface area contributed by atoms with Crippen LogP contribution in [0.15, 0.2) is 53.6 Å². The average molecular weight is 373 g/mol. The van der Waals surface area contributed by atoms with Gasteiger partial charge in [0.1, 0.15) is 6.04 Å². The fourth-order valence-electron chi connectivity index (χ4n) is 3.51. The number of amides is 1. The van der Waals surface area contributed by atoms with Gasteiger partial charge < -0.3 is 9.42 Å². The SMILES string of the molecule is C=Cc1ccc(CN2C(=O)CCC2c2nc(-c3ccc(C)c(C)c3)no2)cc1. The van der Waals surface area contributed by atoms with Crippen molar-refractivity contribution in [2.75, 3.05) is 0 Å². The van der Waals surface area contributed by atoms with Crippen LogP contribution in [0, 0.1) is 13.8 Å². The van der Waals surface area contributed by atoms with Crippen LogP contribution in [0.5, 0.6) is 0 Å². The van der Waals surface area contributed by atoms with Crippen molar-refractivity contribution in [2.24, 2.45) is 0 Å². The van der Waals surface area contributed by atoms with E-state index in [0.717, 1.165) is 16.7 Å². The lowest BCUT2D eigenvalue weighted by atomic mass is 10.1. The Bertz CT molecular complexity index is 1020. The minimum Gasteiger partial charge on any atom is -0.337 e. The molecule has 0 saturated carbocycles. The van der Waals surface area contributed by atoms with Crippen molar-refractivity contribution in [1.82, 2.24) is 15.0 Å². The van der Waals surface area contributed by atoms with Crippen LogP contribution in [0.1, 0.15) is 47.0 Å². The molecule has 0 bridgehead atoms. The molecule has 5 heteroatoms. The number of hydrogen-bond acceptors (Lipinski definition) is 4. The normalized spacial score (nSPS) is 16.6. The van der Waals surface area contributed by atoms with E-state index in [1.165, 1.54) is 11.1 Å². The Labute approximate surface area is 164 Å². The zero-order valence-corrected chi connectivity index (χ0v) is 16.2. The molecule has 5 nitrogen and oxygen atoms in total. The molecule has 0 radical (unpaired) electrons. The summed E-state index contributed by atoms with van der Waals surface area (Å²) in [7, 11) is 0. The van der Waals surface area contributed by atoms with Gasteiger partial charge in [0.25, 0.3) is 0 Å². The van der Waals surface area contributed by atoms with Crippen molar-refractivity contribution >= 4 is 12.0 Å². The van der Waals surface area contributed by atoms with Crippen molar-refractivity contribution in [3.63, 3.8) is 0 Å². The first-order valence-electron chi connectivity index (χ1n) is 9.47. The summed E-state index contributed by atoms with van der Waals surface area (Å²) in [5.74, 6) is 1.18. The third-order valence-corrected chi connectivity index (χ3v) is 5.39. The molecule has 2 aromatic carbocycles. The molecular formula is C23H23N3O2. The zero-order chi connectivity index (χ0) is 19.7. The first kappa shape index (κ1) is 18.2. The second-order valence-corrected chi connectivity index (χ2v) is 7.28. The number of rotatable bonds is 5. The van der Waals surface area contributed by atoms with Gasteiger partial charge in [-0.2, -0.15) is 4.98 Å². The quantitative estimate of drug-likeness (QED) is 0.641. The van der Waals surface area contributed by atoms with Gasteiger partial charge in [-0.25, -0.2) is 0 Å². The molecule has 4 rings (SSSR count). The molecule has 3 aromatic rings. The lowest BCUT2D eigenvalue weighted by Gasteiger charge is -2.22. The van der Waals surface area contributed by atoms with Crippen molar-refractivity contribution in [1.29, 1.82) is 0 Å². The van der Waals surface area contributed by atoms with E-state index in [1.807, 2.05) is 35.2 Å². The van der Waals surface area contributed by atoms with E-state index >= 15 is 0 Å². The highest BCUT2D eigenvalue weighted by molar-refractivity contribution is 5.79. The Morgan fingerprint density at radius 1 is 1.18 bits per heavy atom. The smallest absolute Gasteiger partial charge is 0.249 e. The Morgan fingerprint density at radius 2 is 1.96 bits per heavy atom. The van der Waals surface area contributed by atoms with Gasteiger partial charge in [0.15, 0.2) is 0 Å². The molecule has 0 spiro atoms. The van der Waals surface area contributed by atoms with Gasteiger partial charge in [0.05, 0.1) is 0 Å². The number of benzene rings is 2. The van der Waals surface area contributed by atoms with Crippen molar-refractivity contribution in [3.8, 4) is 11.4 Å². The molecule has 1 aliphatic heterocycles. The summed E-state index contributed by atoms with van der Waals surface area (Å²) in [5.41, 5.74) is 5.46. The van der Waals surface area contributed by atoms with Crippen molar-refractivity contribution in [3.05, 3.63) is 77.2 Å². The Morgan fingerprint density at radius 3 is 2.68 bits per heavy atom. The van der Waals surface area contributed by atoms with E-state index in [1.54, 1.807) is 6.08 Å². The second kappa shape index (κ2) is 7.43. The number of carbonyl (C=O) groups excluding carboxylic acids is 1. The Kier molecular flexibility index (Phi) is 4.82. The number of likely N-dealkylation sites (tertiary alicyclic amines) is 1. The van der Waals surface area contributed by atoms with Crippen LogP contribution in [-0.2, 0) is 11.3 Å². The van der Waals surface area contributed by atoms with Gasteiger partial charge >= 0.3 is 0 Å². The highest BCUT2D eigenvalue weighted by Crippen LogP contribution is 2.34. The molecule has 1 unspecified atom stereocenters. The van der Waals surface area contributed by atoms with Crippen LogP contribution in [-0.4, -0.2) is 20.9 Å². The first-order chi connectivity index (χ1) is 13.5. The van der Waals surface area contributed by atoms with Gasteiger partial charge in [-0.3, -0.25) is 4.79 Å². The molecule has 2 heterocycles. The number of nitrogens with zero attached hydrogens (tertiary/aromatic N) is 3. The maximum absolute atomic E-state index is 12.5. The zero-order valence-electron chi connectivity index (χ0n) is 16.2. The topological polar surface area (TPSA) is 59.2 Å². The van der Waals surface area contributed by atoms with Gasteiger partial charge in [-0.1, -0.05) is 54.2 Å². The molecule has 1 amide bonds. The number of aromatic nitrogens is 2. The molecular weight excluding hydrogens is 350 g/mol. The number of aryl methyl sites for hydroxylation is 2. The summed E-state index contributed by atoms with van der Waals surface area (Å²) in [5, 5.41) is 4.16. The van der Waals surface area contributed by atoms with E-state index in [0.29, 0.717) is 31.1 Å². The van der Waals surface area contributed by atoms with Crippen molar-refractivity contribution < 1.29 is 9.32 Å². The second-order valence-electron chi connectivity index (χ2n) is 7.28. The molecule has 1 atom stereocenters. The summed E-state index contributed by atoms with van der Waals surface area (Å²) < 4.78 is 5.56. The van der Waals surface area contributed by atoms with Crippen LogP contribution in [0.4, 0.5) is 0 Å². The highest BCUT2D eigenvalue weighted by Gasteiger charge is 2.36.